The second-order valence-electron chi connectivity index (χ2n) is 2.05. The van der Waals surface area contributed by atoms with Crippen LogP contribution in [0.2, 0.25) is 0 Å². The van der Waals surface area contributed by atoms with Gasteiger partial charge in [-0.15, -0.1) is 0 Å². The molecule has 0 aromatic carbocycles. The third kappa shape index (κ3) is 1.30. The van der Waals surface area contributed by atoms with Crippen LogP contribution >= 0.6 is 0 Å². The summed E-state index contributed by atoms with van der Waals surface area (Å²) in [5.41, 5.74) is 0. The lowest BCUT2D eigenvalue weighted by atomic mass is 10.3. The lowest BCUT2D eigenvalue weighted by Gasteiger charge is -1.95. The van der Waals surface area contributed by atoms with E-state index in [0.717, 1.165) is 13.1 Å². The molecule has 1 aliphatic heterocycles. The van der Waals surface area contributed by atoms with Crippen molar-refractivity contribution in [3.63, 3.8) is 0 Å². The molecule has 46 valence electrons. The van der Waals surface area contributed by atoms with Crippen LogP contribution in [0.25, 0.3) is 0 Å². The van der Waals surface area contributed by atoms with E-state index in [9.17, 15) is 0 Å². The summed E-state index contributed by atoms with van der Waals surface area (Å²) in [4.78, 5) is 4.24. The Bertz CT molecular complexity index is 82.5. The summed E-state index contributed by atoms with van der Waals surface area (Å²) in [6.07, 6.45) is 3.10. The lowest BCUT2D eigenvalue weighted by molar-refractivity contribution is 0.747. The Morgan fingerprint density at radius 3 is 3.12 bits per heavy atom. The van der Waals surface area contributed by atoms with Crippen molar-refractivity contribution in [1.82, 2.24) is 5.32 Å². The van der Waals surface area contributed by atoms with Crippen LogP contribution in [-0.4, -0.2) is 25.3 Å². The largest absolute Gasteiger partial charge is 0.315 e. The molecule has 0 bridgehead atoms. The Morgan fingerprint density at radius 1 is 1.75 bits per heavy atom. The molecule has 0 aromatic rings. The highest BCUT2D eigenvalue weighted by molar-refractivity contribution is 5.53. The molecule has 2 heteroatoms. The van der Waals surface area contributed by atoms with Crippen molar-refractivity contribution < 1.29 is 0 Å². The summed E-state index contributed by atoms with van der Waals surface area (Å²) in [6, 6.07) is 0.569. The molecule has 0 aliphatic carbocycles. The van der Waals surface area contributed by atoms with Crippen LogP contribution in [0.4, 0.5) is 0 Å². The van der Waals surface area contributed by atoms with Gasteiger partial charge in [0.25, 0.3) is 0 Å². The molecule has 2 nitrogen and oxygen atoms in total. The average Bonchev–Trinajstić information content (AvgIpc) is 2.19. The molecular formula is C6H12N2. The lowest BCUT2D eigenvalue weighted by Crippen LogP contribution is -2.10. The van der Waals surface area contributed by atoms with Gasteiger partial charge in [-0.2, -0.15) is 0 Å². The van der Waals surface area contributed by atoms with E-state index in [1.165, 1.54) is 6.42 Å². The summed E-state index contributed by atoms with van der Waals surface area (Å²) in [6.45, 7) is 4.19. The maximum atomic E-state index is 4.24. The maximum absolute atomic E-state index is 4.24. The summed E-state index contributed by atoms with van der Waals surface area (Å²) in [7, 11) is 0. The zero-order chi connectivity index (χ0) is 5.82. The van der Waals surface area contributed by atoms with Crippen molar-refractivity contribution >= 4 is 6.21 Å². The summed E-state index contributed by atoms with van der Waals surface area (Å²) in [5, 5.41) is 3.24. The normalized spacial score (nSPS) is 29.9. The van der Waals surface area contributed by atoms with Crippen molar-refractivity contribution in [3.8, 4) is 0 Å². The topological polar surface area (TPSA) is 24.4 Å². The molecule has 0 amide bonds. The van der Waals surface area contributed by atoms with Gasteiger partial charge in [-0.1, -0.05) is 0 Å². The molecule has 1 N–H and O–H groups in total. The van der Waals surface area contributed by atoms with Crippen LogP contribution < -0.4 is 5.32 Å². The smallest absolute Gasteiger partial charge is 0.0632 e. The van der Waals surface area contributed by atoms with Gasteiger partial charge >= 0.3 is 0 Å². The zero-order valence-electron chi connectivity index (χ0n) is 5.22. The van der Waals surface area contributed by atoms with Gasteiger partial charge in [-0.25, -0.2) is 0 Å². The molecule has 1 unspecified atom stereocenters. The zero-order valence-corrected chi connectivity index (χ0v) is 5.22. The van der Waals surface area contributed by atoms with Gasteiger partial charge in [0.1, 0.15) is 0 Å². The fourth-order valence-corrected chi connectivity index (χ4v) is 0.977. The number of hydrogen-bond acceptors (Lipinski definition) is 2. The van der Waals surface area contributed by atoms with Crippen molar-refractivity contribution in [2.24, 2.45) is 4.99 Å². The monoisotopic (exact) mass is 112 g/mol. The van der Waals surface area contributed by atoms with Crippen LogP contribution in [0.15, 0.2) is 4.99 Å². The highest BCUT2D eigenvalue weighted by Crippen LogP contribution is 2.00. The molecule has 1 saturated heterocycles. The van der Waals surface area contributed by atoms with Gasteiger partial charge in [0, 0.05) is 6.54 Å². The first-order valence-electron chi connectivity index (χ1n) is 3.12. The maximum Gasteiger partial charge on any atom is 0.0632 e. The molecule has 1 heterocycles. The van der Waals surface area contributed by atoms with E-state index in [0.29, 0.717) is 6.04 Å². The highest BCUT2D eigenvalue weighted by atomic mass is 15.0. The average molecular weight is 112 g/mol. The SMILES string of the molecule is C/C=N\C1CCNC1. The van der Waals surface area contributed by atoms with Gasteiger partial charge < -0.3 is 5.32 Å². The van der Waals surface area contributed by atoms with Crippen molar-refractivity contribution in [1.29, 1.82) is 0 Å². The second-order valence-corrected chi connectivity index (χ2v) is 2.05. The molecule has 1 aliphatic rings. The van der Waals surface area contributed by atoms with E-state index in [2.05, 4.69) is 10.3 Å². The number of nitrogens with zero attached hydrogens (tertiary/aromatic N) is 1. The van der Waals surface area contributed by atoms with Crippen LogP contribution in [0, 0.1) is 0 Å². The highest BCUT2D eigenvalue weighted by Gasteiger charge is 2.10. The van der Waals surface area contributed by atoms with E-state index in [-0.39, 0.29) is 0 Å². The van der Waals surface area contributed by atoms with E-state index in [1.807, 2.05) is 13.1 Å². The first-order chi connectivity index (χ1) is 3.93. The first kappa shape index (κ1) is 5.76. The predicted octanol–water partition coefficient (Wildman–Crippen LogP) is 0.439. The predicted molar refractivity (Wildman–Crippen MR) is 35.4 cm³/mol. The van der Waals surface area contributed by atoms with Gasteiger partial charge in [0.2, 0.25) is 0 Å². The Balaban J connectivity index is 2.24. The van der Waals surface area contributed by atoms with Gasteiger partial charge in [0.05, 0.1) is 6.04 Å². The Kier molecular flexibility index (Phi) is 2.03. The number of nitrogens with one attached hydrogen (secondary N) is 1. The molecule has 1 fully saturated rings. The minimum absolute atomic E-state index is 0.569. The van der Waals surface area contributed by atoms with Crippen LogP contribution in [0.1, 0.15) is 13.3 Å². The van der Waals surface area contributed by atoms with E-state index in [4.69, 9.17) is 0 Å². The third-order valence-electron chi connectivity index (χ3n) is 1.39. The first-order valence-corrected chi connectivity index (χ1v) is 3.12. The molecule has 8 heavy (non-hydrogen) atoms. The fourth-order valence-electron chi connectivity index (χ4n) is 0.977. The standard InChI is InChI=1S/C6H12N2/c1-2-8-6-3-4-7-5-6/h2,6-7H,3-5H2,1H3/b8-2-. The Morgan fingerprint density at radius 2 is 2.62 bits per heavy atom. The van der Waals surface area contributed by atoms with Crippen LogP contribution in [0.3, 0.4) is 0 Å². The minimum atomic E-state index is 0.569. The van der Waals surface area contributed by atoms with E-state index < -0.39 is 0 Å². The van der Waals surface area contributed by atoms with Crippen molar-refractivity contribution in [2.45, 2.75) is 19.4 Å². The van der Waals surface area contributed by atoms with Crippen LogP contribution in [-0.2, 0) is 0 Å². The second kappa shape index (κ2) is 2.82. The van der Waals surface area contributed by atoms with Crippen molar-refractivity contribution in [2.75, 3.05) is 13.1 Å². The quantitative estimate of drug-likeness (QED) is 0.489. The molecule has 0 saturated carbocycles. The Labute approximate surface area is 50.0 Å². The molecular weight excluding hydrogens is 100 g/mol. The Hall–Kier alpha value is -0.370. The van der Waals surface area contributed by atoms with E-state index in [1.54, 1.807) is 0 Å². The molecule has 1 atom stereocenters. The number of hydrogen-bond donors (Lipinski definition) is 1. The minimum Gasteiger partial charge on any atom is -0.315 e. The van der Waals surface area contributed by atoms with Gasteiger partial charge in [0.15, 0.2) is 0 Å². The third-order valence-corrected chi connectivity index (χ3v) is 1.39. The molecule has 0 radical (unpaired) electrons. The van der Waals surface area contributed by atoms with Gasteiger partial charge in [-0.3, -0.25) is 4.99 Å². The van der Waals surface area contributed by atoms with Crippen LogP contribution in [0.5, 0.6) is 0 Å². The summed E-state index contributed by atoms with van der Waals surface area (Å²) < 4.78 is 0. The van der Waals surface area contributed by atoms with Gasteiger partial charge in [-0.05, 0) is 26.1 Å². The molecule has 1 rings (SSSR count). The molecule has 0 spiro atoms. The summed E-state index contributed by atoms with van der Waals surface area (Å²) in [5.74, 6) is 0. The van der Waals surface area contributed by atoms with E-state index >= 15 is 0 Å². The number of aliphatic imine (C=N–C) groups is 1. The fraction of sp³-hybridized carbons (Fsp3) is 0.833. The van der Waals surface area contributed by atoms with Crippen molar-refractivity contribution in [3.05, 3.63) is 0 Å². The number of rotatable bonds is 1. The summed E-state index contributed by atoms with van der Waals surface area (Å²) >= 11 is 0. The molecule has 0 aromatic heterocycles.